The fourth-order valence-corrected chi connectivity index (χ4v) is 2.62. The van der Waals surface area contributed by atoms with Crippen molar-refractivity contribution in [3.63, 3.8) is 0 Å². The molecule has 1 N–H and O–H groups in total. The van der Waals surface area contributed by atoms with Gasteiger partial charge in [-0.15, -0.1) is 0 Å². The summed E-state index contributed by atoms with van der Waals surface area (Å²) in [5, 5.41) is 14.2. The van der Waals surface area contributed by atoms with Gasteiger partial charge in [0.25, 0.3) is 5.69 Å². The fourth-order valence-electron chi connectivity index (χ4n) is 1.67. The van der Waals surface area contributed by atoms with E-state index in [1.165, 1.54) is 6.07 Å². The van der Waals surface area contributed by atoms with E-state index in [2.05, 4.69) is 43.8 Å². The Balaban J connectivity index is 2.19. The first-order valence-corrected chi connectivity index (χ1v) is 7.35. The zero-order chi connectivity index (χ0) is 13.8. The van der Waals surface area contributed by atoms with Gasteiger partial charge in [-0.2, -0.15) is 0 Å². The predicted molar refractivity (Wildman–Crippen MR) is 87.3 cm³/mol. The van der Waals surface area contributed by atoms with E-state index < -0.39 is 0 Å². The van der Waals surface area contributed by atoms with Crippen LogP contribution < -0.4 is 5.32 Å². The van der Waals surface area contributed by atoms with E-state index >= 15 is 0 Å². The summed E-state index contributed by atoms with van der Waals surface area (Å²) in [6, 6.07) is 12.8. The van der Waals surface area contributed by atoms with Crippen LogP contribution in [0.3, 0.4) is 0 Å². The highest BCUT2D eigenvalue weighted by Crippen LogP contribution is 2.24. The minimum atomic E-state index is -0.363. The van der Waals surface area contributed by atoms with Crippen molar-refractivity contribution in [2.75, 3.05) is 5.32 Å². The summed E-state index contributed by atoms with van der Waals surface area (Å²) in [5.74, 6) is 0. The molecule has 0 amide bonds. The summed E-state index contributed by atoms with van der Waals surface area (Å²) >= 11 is 5.56. The Morgan fingerprint density at radius 1 is 1.26 bits per heavy atom. The third-order valence-corrected chi connectivity index (χ3v) is 3.71. The molecule has 0 aliphatic carbocycles. The minimum Gasteiger partial charge on any atom is -0.381 e. The highest BCUT2D eigenvalue weighted by atomic mass is 127. The van der Waals surface area contributed by atoms with Crippen LogP contribution in [0.2, 0.25) is 0 Å². The predicted octanol–water partition coefficient (Wildman–Crippen LogP) is 4.57. The van der Waals surface area contributed by atoms with E-state index in [0.717, 1.165) is 13.7 Å². The van der Waals surface area contributed by atoms with Crippen LogP contribution in [0.5, 0.6) is 0 Å². The van der Waals surface area contributed by atoms with Crippen molar-refractivity contribution in [3.05, 3.63) is 66.2 Å². The van der Waals surface area contributed by atoms with Crippen LogP contribution in [-0.4, -0.2) is 4.92 Å². The van der Waals surface area contributed by atoms with E-state index in [0.29, 0.717) is 12.1 Å². The number of benzene rings is 2. The van der Waals surface area contributed by atoms with E-state index in [1.54, 1.807) is 12.1 Å². The smallest absolute Gasteiger partial charge is 0.274 e. The number of hydrogen-bond acceptors (Lipinski definition) is 3. The monoisotopic (exact) mass is 432 g/mol. The molecule has 2 aromatic rings. The fraction of sp³-hybridized carbons (Fsp3) is 0.0769. The van der Waals surface area contributed by atoms with E-state index in [9.17, 15) is 10.1 Å². The van der Waals surface area contributed by atoms with Crippen LogP contribution >= 0.6 is 38.5 Å². The first kappa shape index (κ1) is 14.3. The van der Waals surface area contributed by atoms with Gasteiger partial charge in [-0.3, -0.25) is 10.1 Å². The van der Waals surface area contributed by atoms with Gasteiger partial charge in [0.05, 0.1) is 4.92 Å². The lowest BCUT2D eigenvalue weighted by atomic mass is 10.2. The Kier molecular flexibility index (Phi) is 4.76. The molecule has 0 fully saturated rings. The van der Waals surface area contributed by atoms with Gasteiger partial charge in [0.2, 0.25) is 0 Å². The second kappa shape index (κ2) is 6.33. The molecule has 0 aliphatic heterocycles. The van der Waals surface area contributed by atoms with Crippen molar-refractivity contribution in [1.82, 2.24) is 0 Å². The van der Waals surface area contributed by atoms with Gasteiger partial charge < -0.3 is 5.32 Å². The Morgan fingerprint density at radius 2 is 2.05 bits per heavy atom. The molecular formula is C13H10BrIN2O2. The van der Waals surface area contributed by atoms with Crippen LogP contribution in [0.1, 0.15) is 5.56 Å². The lowest BCUT2D eigenvalue weighted by Crippen LogP contribution is -2.03. The molecule has 4 nitrogen and oxygen atoms in total. The number of halogens is 2. The molecule has 0 saturated carbocycles. The average molecular weight is 433 g/mol. The Bertz CT molecular complexity index is 619. The molecule has 98 valence electrons. The summed E-state index contributed by atoms with van der Waals surface area (Å²) in [4.78, 5) is 10.6. The second-order valence-electron chi connectivity index (χ2n) is 3.89. The summed E-state index contributed by atoms with van der Waals surface area (Å²) in [5.41, 5.74) is 1.72. The topological polar surface area (TPSA) is 55.2 Å². The lowest BCUT2D eigenvalue weighted by molar-refractivity contribution is -0.385. The van der Waals surface area contributed by atoms with Crippen molar-refractivity contribution < 1.29 is 4.92 Å². The molecule has 0 heterocycles. The summed E-state index contributed by atoms with van der Waals surface area (Å²) in [6.07, 6.45) is 0. The molecule has 0 bridgehead atoms. The number of nitrogens with one attached hydrogen (secondary N) is 1. The lowest BCUT2D eigenvalue weighted by Gasteiger charge is -2.08. The van der Waals surface area contributed by atoms with Crippen LogP contribution in [-0.2, 0) is 6.54 Å². The highest BCUT2D eigenvalue weighted by molar-refractivity contribution is 14.1. The molecule has 0 aliphatic rings. The van der Waals surface area contributed by atoms with Crippen LogP contribution in [0.4, 0.5) is 11.4 Å². The summed E-state index contributed by atoms with van der Waals surface area (Å²) < 4.78 is 1.95. The van der Waals surface area contributed by atoms with Crippen molar-refractivity contribution in [1.29, 1.82) is 0 Å². The number of rotatable bonds is 4. The van der Waals surface area contributed by atoms with Crippen LogP contribution in [0.15, 0.2) is 46.9 Å². The van der Waals surface area contributed by atoms with Crippen molar-refractivity contribution in [2.45, 2.75) is 6.54 Å². The van der Waals surface area contributed by atoms with Gasteiger partial charge in [-0.05, 0) is 52.9 Å². The molecule has 2 aromatic carbocycles. The van der Waals surface area contributed by atoms with E-state index in [1.807, 2.05) is 24.3 Å². The number of nitro benzene ring substituents is 1. The molecule has 0 radical (unpaired) electrons. The maximum Gasteiger partial charge on any atom is 0.274 e. The van der Waals surface area contributed by atoms with Gasteiger partial charge >= 0.3 is 0 Å². The van der Waals surface area contributed by atoms with Crippen molar-refractivity contribution in [2.24, 2.45) is 0 Å². The SMILES string of the molecule is O=[N+]([O-])c1ccc(Br)cc1CNc1cccc(I)c1. The number of hydrogen-bond donors (Lipinski definition) is 1. The zero-order valence-corrected chi connectivity index (χ0v) is 13.5. The standard InChI is InChI=1S/C13H10BrIN2O2/c14-10-4-5-13(17(18)19)9(6-10)8-16-12-3-1-2-11(15)7-12/h1-7,16H,8H2. The maximum atomic E-state index is 11.0. The molecule has 0 saturated heterocycles. The van der Waals surface area contributed by atoms with E-state index in [-0.39, 0.29) is 10.6 Å². The Morgan fingerprint density at radius 3 is 2.74 bits per heavy atom. The highest BCUT2D eigenvalue weighted by Gasteiger charge is 2.13. The minimum absolute atomic E-state index is 0.126. The third-order valence-electron chi connectivity index (χ3n) is 2.55. The molecule has 0 unspecified atom stereocenters. The van der Waals surface area contributed by atoms with Gasteiger partial charge in [-0.1, -0.05) is 22.0 Å². The first-order valence-electron chi connectivity index (χ1n) is 5.48. The molecule has 6 heteroatoms. The molecule has 0 aromatic heterocycles. The third kappa shape index (κ3) is 3.90. The number of anilines is 1. The second-order valence-corrected chi connectivity index (χ2v) is 6.06. The van der Waals surface area contributed by atoms with Crippen LogP contribution in [0, 0.1) is 13.7 Å². The number of nitrogens with zero attached hydrogens (tertiary/aromatic N) is 1. The van der Waals surface area contributed by atoms with Gasteiger partial charge in [0.1, 0.15) is 0 Å². The molecule has 0 atom stereocenters. The first-order chi connectivity index (χ1) is 9.06. The van der Waals surface area contributed by atoms with Gasteiger partial charge in [-0.25, -0.2) is 0 Å². The molecule has 19 heavy (non-hydrogen) atoms. The van der Waals surface area contributed by atoms with Crippen molar-refractivity contribution >= 4 is 49.9 Å². The maximum absolute atomic E-state index is 11.0. The van der Waals surface area contributed by atoms with Crippen molar-refractivity contribution in [3.8, 4) is 0 Å². The molecular weight excluding hydrogens is 423 g/mol. The zero-order valence-electron chi connectivity index (χ0n) is 9.77. The van der Waals surface area contributed by atoms with Crippen LogP contribution in [0.25, 0.3) is 0 Å². The molecule has 0 spiro atoms. The molecule has 2 rings (SSSR count). The van der Waals surface area contributed by atoms with Gasteiger partial charge in [0, 0.05) is 31.9 Å². The van der Waals surface area contributed by atoms with Gasteiger partial charge in [0.15, 0.2) is 0 Å². The summed E-state index contributed by atoms with van der Waals surface area (Å²) in [7, 11) is 0. The Labute approximate surface area is 132 Å². The summed E-state index contributed by atoms with van der Waals surface area (Å²) in [6.45, 7) is 0.413. The average Bonchev–Trinajstić information content (AvgIpc) is 2.36. The Hall–Kier alpha value is -1.15. The van der Waals surface area contributed by atoms with E-state index in [4.69, 9.17) is 0 Å². The largest absolute Gasteiger partial charge is 0.381 e. The normalized spacial score (nSPS) is 10.2. The number of nitro groups is 1. The quantitative estimate of drug-likeness (QED) is 0.437.